The highest BCUT2D eigenvalue weighted by Gasteiger charge is 2.15. The number of rotatable bonds is 5. The molecule has 0 saturated carbocycles. The van der Waals surface area contributed by atoms with Crippen LogP contribution in [-0.2, 0) is 11.3 Å². The van der Waals surface area contributed by atoms with Gasteiger partial charge >= 0.3 is 5.63 Å². The topological polar surface area (TPSA) is 81.7 Å². The number of carbonyl (C=O) groups excluding carboxylic acids is 1. The lowest BCUT2D eigenvalue weighted by atomic mass is 10.1. The van der Waals surface area contributed by atoms with Gasteiger partial charge in [0.05, 0.1) is 12.8 Å². The van der Waals surface area contributed by atoms with Gasteiger partial charge in [-0.1, -0.05) is 0 Å². The second kappa shape index (κ2) is 6.62. The fraction of sp³-hybridized carbons (Fsp3) is 0.222. The molecule has 6 nitrogen and oxygen atoms in total. The Bertz CT molecular complexity index is 911. The molecule has 1 atom stereocenters. The largest absolute Gasteiger partial charge is 0.481 e. The second-order valence-corrected chi connectivity index (χ2v) is 5.46. The predicted octanol–water partition coefficient (Wildman–Crippen LogP) is 2.78. The van der Waals surface area contributed by atoms with Crippen LogP contribution in [0.25, 0.3) is 11.0 Å². The number of ether oxygens (including phenoxy) is 1. The minimum absolute atomic E-state index is 0.266. The molecule has 0 radical (unpaired) electrons. The Morgan fingerprint density at radius 2 is 2.12 bits per heavy atom. The molecule has 0 aliphatic heterocycles. The minimum Gasteiger partial charge on any atom is -0.481 e. The zero-order chi connectivity index (χ0) is 17.1. The van der Waals surface area contributed by atoms with Gasteiger partial charge in [0.25, 0.3) is 5.91 Å². The first kappa shape index (κ1) is 15.9. The van der Waals surface area contributed by atoms with Crippen LogP contribution < -0.4 is 15.7 Å². The minimum atomic E-state index is -0.700. The van der Waals surface area contributed by atoms with E-state index in [9.17, 15) is 9.59 Å². The first-order chi connectivity index (χ1) is 11.5. The van der Waals surface area contributed by atoms with Crippen molar-refractivity contribution in [3.63, 3.8) is 0 Å². The summed E-state index contributed by atoms with van der Waals surface area (Å²) in [5.41, 5.74) is 0.846. The maximum absolute atomic E-state index is 12.1. The van der Waals surface area contributed by atoms with Gasteiger partial charge in [-0.05, 0) is 43.7 Å². The highest BCUT2D eigenvalue weighted by molar-refractivity contribution is 5.82. The number of fused-ring (bicyclic) bond motifs is 1. The molecule has 3 rings (SSSR count). The summed E-state index contributed by atoms with van der Waals surface area (Å²) >= 11 is 0. The van der Waals surface area contributed by atoms with Crippen molar-refractivity contribution in [2.45, 2.75) is 26.5 Å². The summed E-state index contributed by atoms with van der Waals surface area (Å²) in [5.74, 6) is 0.854. The van der Waals surface area contributed by atoms with Gasteiger partial charge in [-0.3, -0.25) is 4.79 Å². The second-order valence-electron chi connectivity index (χ2n) is 5.46. The Hall–Kier alpha value is -3.02. The molecule has 1 aromatic carbocycles. The van der Waals surface area contributed by atoms with E-state index in [4.69, 9.17) is 13.6 Å². The lowest BCUT2D eigenvalue weighted by Crippen LogP contribution is -2.35. The van der Waals surface area contributed by atoms with Crippen molar-refractivity contribution >= 4 is 16.9 Å². The third-order valence-corrected chi connectivity index (χ3v) is 3.62. The highest BCUT2D eigenvalue weighted by atomic mass is 16.5. The number of hydrogen-bond acceptors (Lipinski definition) is 5. The first-order valence-electron chi connectivity index (χ1n) is 7.54. The Labute approximate surface area is 138 Å². The summed E-state index contributed by atoms with van der Waals surface area (Å²) in [6.07, 6.45) is 0.848. The van der Waals surface area contributed by atoms with Crippen molar-refractivity contribution in [3.8, 4) is 5.75 Å². The average molecular weight is 327 g/mol. The van der Waals surface area contributed by atoms with E-state index in [2.05, 4.69) is 5.32 Å². The number of hydrogen-bond donors (Lipinski definition) is 1. The quantitative estimate of drug-likeness (QED) is 0.729. The number of furan rings is 1. The molecular formula is C18H17NO5. The van der Waals surface area contributed by atoms with Crippen LogP contribution in [0.5, 0.6) is 5.75 Å². The van der Waals surface area contributed by atoms with E-state index in [0.29, 0.717) is 23.6 Å². The summed E-state index contributed by atoms with van der Waals surface area (Å²) in [7, 11) is 0. The summed E-state index contributed by atoms with van der Waals surface area (Å²) in [5, 5.41) is 3.56. The molecule has 2 aromatic heterocycles. The van der Waals surface area contributed by atoms with E-state index in [0.717, 1.165) is 10.9 Å². The van der Waals surface area contributed by atoms with Gasteiger partial charge in [0.15, 0.2) is 6.10 Å². The SMILES string of the molecule is Cc1cc(=O)oc2cc(O[C@@H](C)C(=O)NCc3ccco3)ccc12. The first-order valence-corrected chi connectivity index (χ1v) is 7.54. The van der Waals surface area contributed by atoms with E-state index >= 15 is 0 Å². The number of nitrogens with one attached hydrogen (secondary N) is 1. The number of carbonyl (C=O) groups is 1. The molecule has 0 unspecified atom stereocenters. The lowest BCUT2D eigenvalue weighted by Gasteiger charge is -2.14. The fourth-order valence-electron chi connectivity index (χ4n) is 2.37. The molecule has 2 heterocycles. The third-order valence-electron chi connectivity index (χ3n) is 3.62. The van der Waals surface area contributed by atoms with Gasteiger partial charge in [-0.25, -0.2) is 4.79 Å². The molecule has 0 aliphatic rings. The summed E-state index contributed by atoms with van der Waals surface area (Å²) < 4.78 is 16.0. The van der Waals surface area contributed by atoms with Crippen molar-refractivity contribution < 1.29 is 18.4 Å². The Morgan fingerprint density at radius 3 is 2.88 bits per heavy atom. The molecule has 3 aromatic rings. The van der Waals surface area contributed by atoms with Crippen molar-refractivity contribution in [2.24, 2.45) is 0 Å². The molecule has 1 N–H and O–H groups in total. The maximum Gasteiger partial charge on any atom is 0.336 e. The van der Waals surface area contributed by atoms with Crippen LogP contribution >= 0.6 is 0 Å². The molecule has 124 valence electrons. The van der Waals surface area contributed by atoms with Crippen molar-refractivity contribution in [2.75, 3.05) is 0 Å². The van der Waals surface area contributed by atoms with Crippen LogP contribution in [0.1, 0.15) is 18.2 Å². The Kier molecular flexibility index (Phi) is 4.37. The zero-order valence-corrected chi connectivity index (χ0v) is 13.4. The van der Waals surface area contributed by atoms with Crippen LogP contribution in [0, 0.1) is 6.92 Å². The molecule has 0 bridgehead atoms. The molecule has 0 fully saturated rings. The van der Waals surface area contributed by atoms with Gasteiger partial charge in [0.1, 0.15) is 17.1 Å². The lowest BCUT2D eigenvalue weighted by molar-refractivity contribution is -0.127. The van der Waals surface area contributed by atoms with E-state index in [1.807, 2.05) is 6.92 Å². The fourth-order valence-corrected chi connectivity index (χ4v) is 2.37. The third kappa shape index (κ3) is 3.48. The van der Waals surface area contributed by atoms with Gasteiger partial charge in [0.2, 0.25) is 0 Å². The number of benzene rings is 1. The zero-order valence-electron chi connectivity index (χ0n) is 13.4. The smallest absolute Gasteiger partial charge is 0.336 e. The number of amides is 1. The van der Waals surface area contributed by atoms with E-state index in [-0.39, 0.29) is 5.91 Å². The van der Waals surface area contributed by atoms with Crippen molar-refractivity contribution in [1.29, 1.82) is 0 Å². The molecule has 6 heteroatoms. The average Bonchev–Trinajstić information content (AvgIpc) is 3.05. The van der Waals surface area contributed by atoms with Crippen molar-refractivity contribution in [1.82, 2.24) is 5.32 Å². The molecule has 0 aliphatic carbocycles. The summed E-state index contributed by atoms with van der Waals surface area (Å²) in [6, 6.07) is 10.1. The van der Waals surface area contributed by atoms with Crippen LogP contribution in [-0.4, -0.2) is 12.0 Å². The number of aryl methyl sites for hydroxylation is 1. The normalized spacial score (nSPS) is 12.1. The predicted molar refractivity (Wildman–Crippen MR) is 87.9 cm³/mol. The molecule has 1 amide bonds. The molecule has 0 saturated heterocycles. The monoisotopic (exact) mass is 327 g/mol. The van der Waals surface area contributed by atoms with Gasteiger partial charge in [-0.15, -0.1) is 0 Å². The van der Waals surface area contributed by atoms with E-state index in [1.165, 1.54) is 6.07 Å². The van der Waals surface area contributed by atoms with E-state index < -0.39 is 11.7 Å². The molecule has 0 spiro atoms. The van der Waals surface area contributed by atoms with Crippen LogP contribution in [0.3, 0.4) is 0 Å². The van der Waals surface area contributed by atoms with Gasteiger partial charge in [-0.2, -0.15) is 0 Å². The summed E-state index contributed by atoms with van der Waals surface area (Å²) in [4.78, 5) is 23.5. The standard InChI is InChI=1S/C18H17NO5/c1-11-8-17(20)24-16-9-13(5-6-15(11)16)23-12(2)18(21)19-10-14-4-3-7-22-14/h3-9,12H,10H2,1-2H3,(H,19,21)/t12-/m0/s1. The Balaban J connectivity index is 1.69. The van der Waals surface area contributed by atoms with Crippen LogP contribution in [0.2, 0.25) is 0 Å². The molecular weight excluding hydrogens is 310 g/mol. The summed E-state index contributed by atoms with van der Waals surface area (Å²) in [6.45, 7) is 3.78. The van der Waals surface area contributed by atoms with Gasteiger partial charge < -0.3 is 18.9 Å². The van der Waals surface area contributed by atoms with Crippen molar-refractivity contribution in [3.05, 3.63) is 64.4 Å². The van der Waals surface area contributed by atoms with Gasteiger partial charge in [0, 0.05) is 17.5 Å². The van der Waals surface area contributed by atoms with Crippen LogP contribution in [0.4, 0.5) is 0 Å². The van der Waals surface area contributed by atoms with Crippen LogP contribution in [0.15, 0.2) is 56.3 Å². The molecule has 24 heavy (non-hydrogen) atoms. The maximum atomic E-state index is 12.1. The Morgan fingerprint density at radius 1 is 1.29 bits per heavy atom. The highest BCUT2D eigenvalue weighted by Crippen LogP contribution is 2.23. The van der Waals surface area contributed by atoms with E-state index in [1.54, 1.807) is 43.5 Å².